The van der Waals surface area contributed by atoms with Gasteiger partial charge in [0.25, 0.3) is 0 Å². The molecule has 1 aliphatic heterocycles. The van der Waals surface area contributed by atoms with E-state index in [1.807, 2.05) is 0 Å². The summed E-state index contributed by atoms with van der Waals surface area (Å²) in [7, 11) is 0. The summed E-state index contributed by atoms with van der Waals surface area (Å²) in [6.45, 7) is 10.7. The monoisotopic (exact) mass is 347 g/mol. The van der Waals surface area contributed by atoms with Gasteiger partial charge in [0.05, 0.1) is 18.8 Å². The first kappa shape index (κ1) is 21.2. The fourth-order valence-electron chi connectivity index (χ4n) is 4.01. The topological polar surface area (TPSA) is 32.7 Å². The SMILES string of the molecule is CC(C)(C)C1CCC(OCC(O)CN2CCCCCC2)CC1.Cl. The van der Waals surface area contributed by atoms with Crippen molar-refractivity contribution < 1.29 is 9.84 Å². The number of halogens is 1. The van der Waals surface area contributed by atoms with E-state index < -0.39 is 0 Å². The van der Waals surface area contributed by atoms with Crippen LogP contribution in [0.25, 0.3) is 0 Å². The summed E-state index contributed by atoms with van der Waals surface area (Å²) in [6, 6.07) is 0. The highest BCUT2D eigenvalue weighted by molar-refractivity contribution is 5.85. The zero-order valence-electron chi connectivity index (χ0n) is 15.4. The van der Waals surface area contributed by atoms with E-state index in [-0.39, 0.29) is 18.5 Å². The van der Waals surface area contributed by atoms with Gasteiger partial charge in [0, 0.05) is 6.54 Å². The van der Waals surface area contributed by atoms with Crippen LogP contribution >= 0.6 is 12.4 Å². The molecule has 138 valence electrons. The van der Waals surface area contributed by atoms with E-state index in [0.717, 1.165) is 25.6 Å². The van der Waals surface area contributed by atoms with E-state index in [0.29, 0.717) is 18.1 Å². The van der Waals surface area contributed by atoms with Gasteiger partial charge in [-0.3, -0.25) is 0 Å². The van der Waals surface area contributed by atoms with Gasteiger partial charge in [-0.05, 0) is 62.9 Å². The summed E-state index contributed by atoms with van der Waals surface area (Å²) >= 11 is 0. The molecule has 0 spiro atoms. The Morgan fingerprint density at radius 2 is 1.57 bits per heavy atom. The van der Waals surface area contributed by atoms with Gasteiger partial charge in [0.1, 0.15) is 0 Å². The minimum atomic E-state index is -0.321. The maximum Gasteiger partial charge on any atom is 0.0900 e. The highest BCUT2D eigenvalue weighted by atomic mass is 35.5. The van der Waals surface area contributed by atoms with Crippen LogP contribution in [0, 0.1) is 11.3 Å². The molecule has 1 saturated carbocycles. The summed E-state index contributed by atoms with van der Waals surface area (Å²) in [5.41, 5.74) is 0.428. The Hall–Kier alpha value is 0.170. The Labute approximate surface area is 149 Å². The maximum atomic E-state index is 10.2. The molecule has 1 atom stereocenters. The molecule has 0 radical (unpaired) electrons. The molecule has 0 aromatic heterocycles. The Morgan fingerprint density at radius 3 is 2.09 bits per heavy atom. The van der Waals surface area contributed by atoms with Crippen molar-refractivity contribution in [2.45, 2.75) is 84.3 Å². The Morgan fingerprint density at radius 1 is 1.00 bits per heavy atom. The Balaban J connectivity index is 0.00000264. The lowest BCUT2D eigenvalue weighted by molar-refractivity contribution is -0.0441. The average molecular weight is 348 g/mol. The summed E-state index contributed by atoms with van der Waals surface area (Å²) in [4.78, 5) is 2.41. The lowest BCUT2D eigenvalue weighted by Crippen LogP contribution is -2.37. The average Bonchev–Trinajstić information content (AvgIpc) is 2.73. The Kier molecular flexibility index (Phi) is 9.43. The van der Waals surface area contributed by atoms with E-state index in [2.05, 4.69) is 25.7 Å². The van der Waals surface area contributed by atoms with Crippen molar-refractivity contribution in [3.8, 4) is 0 Å². The molecule has 0 bridgehead atoms. The fraction of sp³-hybridized carbons (Fsp3) is 1.00. The Bertz CT molecular complexity index is 303. The second-order valence-corrected chi connectivity index (χ2v) is 8.54. The summed E-state index contributed by atoms with van der Waals surface area (Å²) < 4.78 is 6.00. The number of aliphatic hydroxyl groups excluding tert-OH is 1. The van der Waals surface area contributed by atoms with Crippen molar-refractivity contribution in [3.05, 3.63) is 0 Å². The quantitative estimate of drug-likeness (QED) is 0.806. The normalized spacial score (nSPS) is 28.7. The zero-order chi connectivity index (χ0) is 16.0. The van der Waals surface area contributed by atoms with Crippen molar-refractivity contribution in [1.82, 2.24) is 4.90 Å². The molecular formula is C19H38ClNO2. The molecule has 0 amide bonds. The van der Waals surface area contributed by atoms with E-state index >= 15 is 0 Å². The van der Waals surface area contributed by atoms with Gasteiger partial charge in [0.2, 0.25) is 0 Å². The van der Waals surface area contributed by atoms with Crippen molar-refractivity contribution in [1.29, 1.82) is 0 Å². The number of nitrogens with zero attached hydrogens (tertiary/aromatic N) is 1. The lowest BCUT2D eigenvalue weighted by Gasteiger charge is -2.37. The van der Waals surface area contributed by atoms with Crippen LogP contribution in [0.3, 0.4) is 0 Å². The summed E-state index contributed by atoms with van der Waals surface area (Å²) in [5, 5.41) is 10.2. The molecule has 1 unspecified atom stereocenters. The number of aliphatic hydroxyl groups is 1. The van der Waals surface area contributed by atoms with Crippen LogP contribution in [0.2, 0.25) is 0 Å². The van der Waals surface area contributed by atoms with Crippen LogP contribution in [0.1, 0.15) is 72.1 Å². The molecular weight excluding hydrogens is 310 g/mol. The first-order valence-corrected chi connectivity index (χ1v) is 9.47. The standard InChI is InChI=1S/C19H37NO2.ClH/c1-19(2,3)16-8-10-18(11-9-16)22-15-17(21)14-20-12-6-4-5-7-13-20;/h16-18,21H,4-15H2,1-3H3;1H. The third-order valence-corrected chi connectivity index (χ3v) is 5.59. The van der Waals surface area contributed by atoms with Gasteiger partial charge in [0.15, 0.2) is 0 Å². The molecule has 1 N–H and O–H groups in total. The molecule has 2 rings (SSSR count). The predicted octanol–water partition coefficient (Wildman–Crippen LogP) is 4.27. The summed E-state index contributed by atoms with van der Waals surface area (Å²) in [5.74, 6) is 0.828. The molecule has 1 saturated heterocycles. The molecule has 2 aliphatic rings. The second kappa shape index (κ2) is 10.2. The van der Waals surface area contributed by atoms with Crippen LogP contribution in [0.15, 0.2) is 0 Å². The largest absolute Gasteiger partial charge is 0.389 e. The number of hydrogen-bond donors (Lipinski definition) is 1. The van der Waals surface area contributed by atoms with Crippen LogP contribution in [0.4, 0.5) is 0 Å². The zero-order valence-corrected chi connectivity index (χ0v) is 16.2. The molecule has 4 heteroatoms. The first-order valence-electron chi connectivity index (χ1n) is 9.47. The van der Waals surface area contributed by atoms with Crippen LogP contribution in [-0.2, 0) is 4.74 Å². The second-order valence-electron chi connectivity index (χ2n) is 8.54. The van der Waals surface area contributed by atoms with Gasteiger partial charge < -0.3 is 14.7 Å². The van der Waals surface area contributed by atoms with Crippen LogP contribution in [-0.4, -0.2) is 48.5 Å². The molecule has 0 aromatic carbocycles. The van der Waals surface area contributed by atoms with Crippen LogP contribution < -0.4 is 0 Å². The molecule has 0 aromatic rings. The van der Waals surface area contributed by atoms with Crippen molar-refractivity contribution >= 4 is 12.4 Å². The number of β-amino-alcohol motifs (C(OH)–C–C–N with tert-alkyl or cyclic N) is 1. The minimum absolute atomic E-state index is 0. The fourth-order valence-corrected chi connectivity index (χ4v) is 4.01. The molecule has 23 heavy (non-hydrogen) atoms. The molecule has 1 aliphatic carbocycles. The number of hydrogen-bond acceptors (Lipinski definition) is 3. The molecule has 3 nitrogen and oxygen atoms in total. The van der Waals surface area contributed by atoms with E-state index in [1.54, 1.807) is 0 Å². The highest BCUT2D eigenvalue weighted by Gasteiger charge is 2.30. The highest BCUT2D eigenvalue weighted by Crippen LogP contribution is 2.38. The number of likely N-dealkylation sites (tertiary alicyclic amines) is 1. The first-order chi connectivity index (χ1) is 10.4. The molecule has 2 fully saturated rings. The van der Waals surface area contributed by atoms with Crippen molar-refractivity contribution in [2.24, 2.45) is 11.3 Å². The number of rotatable bonds is 5. The third-order valence-electron chi connectivity index (χ3n) is 5.59. The molecule has 1 heterocycles. The maximum absolute atomic E-state index is 10.2. The summed E-state index contributed by atoms with van der Waals surface area (Å²) in [6.07, 6.45) is 10.2. The van der Waals surface area contributed by atoms with Gasteiger partial charge in [-0.25, -0.2) is 0 Å². The van der Waals surface area contributed by atoms with E-state index in [1.165, 1.54) is 51.4 Å². The van der Waals surface area contributed by atoms with Crippen molar-refractivity contribution in [2.75, 3.05) is 26.2 Å². The van der Waals surface area contributed by atoms with Gasteiger partial charge in [-0.1, -0.05) is 33.6 Å². The van der Waals surface area contributed by atoms with Gasteiger partial charge in [-0.15, -0.1) is 12.4 Å². The minimum Gasteiger partial charge on any atom is -0.389 e. The van der Waals surface area contributed by atoms with E-state index in [4.69, 9.17) is 4.74 Å². The number of ether oxygens (including phenoxy) is 1. The lowest BCUT2D eigenvalue weighted by atomic mass is 9.72. The van der Waals surface area contributed by atoms with E-state index in [9.17, 15) is 5.11 Å². The smallest absolute Gasteiger partial charge is 0.0900 e. The van der Waals surface area contributed by atoms with Crippen LogP contribution in [0.5, 0.6) is 0 Å². The van der Waals surface area contributed by atoms with Gasteiger partial charge >= 0.3 is 0 Å². The van der Waals surface area contributed by atoms with Gasteiger partial charge in [-0.2, -0.15) is 0 Å². The predicted molar refractivity (Wildman–Crippen MR) is 99.3 cm³/mol. The third kappa shape index (κ3) is 7.72. The van der Waals surface area contributed by atoms with Crippen molar-refractivity contribution in [3.63, 3.8) is 0 Å².